The van der Waals surface area contributed by atoms with Crippen LogP contribution in [-0.2, 0) is 16.0 Å². The quantitative estimate of drug-likeness (QED) is 0.552. The lowest BCUT2D eigenvalue weighted by atomic mass is 10.1. The Balaban J connectivity index is 1.92. The molecule has 8 nitrogen and oxygen atoms in total. The van der Waals surface area contributed by atoms with Crippen LogP contribution >= 0.6 is 0 Å². The number of carbonyl (C=O) groups is 2. The second-order valence-corrected chi connectivity index (χ2v) is 6.57. The van der Waals surface area contributed by atoms with Gasteiger partial charge in [0.2, 0.25) is 0 Å². The Kier molecular flexibility index (Phi) is 6.92. The summed E-state index contributed by atoms with van der Waals surface area (Å²) in [5.74, 6) is 0.261. The third-order valence-corrected chi connectivity index (χ3v) is 4.70. The minimum atomic E-state index is -0.622. The molecule has 1 aromatic heterocycles. The molecular weight excluding hydrogens is 400 g/mol. The smallest absolute Gasteiger partial charge is 0.356 e. The zero-order valence-corrected chi connectivity index (χ0v) is 17.9. The molecule has 31 heavy (non-hydrogen) atoms. The molecule has 162 valence electrons. The highest BCUT2D eigenvalue weighted by Crippen LogP contribution is 2.36. The molecule has 0 bridgehead atoms. The zero-order valence-electron chi connectivity index (χ0n) is 17.9. The lowest BCUT2D eigenvalue weighted by molar-refractivity contribution is -0.118. The number of benzene rings is 2. The number of ether oxygens (including phenoxy) is 4. The van der Waals surface area contributed by atoms with Crippen molar-refractivity contribution in [2.24, 2.45) is 0 Å². The van der Waals surface area contributed by atoms with Crippen molar-refractivity contribution in [2.45, 2.75) is 13.3 Å². The van der Waals surface area contributed by atoms with Crippen molar-refractivity contribution in [1.82, 2.24) is 4.98 Å². The first-order valence-corrected chi connectivity index (χ1v) is 9.66. The normalized spacial score (nSPS) is 10.5. The van der Waals surface area contributed by atoms with E-state index >= 15 is 0 Å². The standard InChI is InChI=1S/C23H24N2O6/c1-5-14-8-6-7-9-16(14)25-22(26)13-31-19-12-18(23(27)30-4)24-17-11-21(29-3)20(28-2)10-15(17)19/h6-12H,5,13H2,1-4H3,(H,25,26). The zero-order chi connectivity index (χ0) is 22.4. The summed E-state index contributed by atoms with van der Waals surface area (Å²) >= 11 is 0. The van der Waals surface area contributed by atoms with E-state index in [2.05, 4.69) is 10.3 Å². The summed E-state index contributed by atoms with van der Waals surface area (Å²) < 4.78 is 21.2. The van der Waals surface area contributed by atoms with Crippen LogP contribution < -0.4 is 19.5 Å². The Morgan fingerprint density at radius 1 is 0.968 bits per heavy atom. The van der Waals surface area contributed by atoms with Crippen LogP contribution in [0.1, 0.15) is 23.0 Å². The molecule has 1 amide bonds. The Morgan fingerprint density at radius 3 is 2.35 bits per heavy atom. The van der Waals surface area contributed by atoms with Crippen LogP contribution in [0.3, 0.4) is 0 Å². The van der Waals surface area contributed by atoms with E-state index in [0.717, 1.165) is 17.7 Å². The van der Waals surface area contributed by atoms with Crippen molar-refractivity contribution in [3.05, 3.63) is 53.7 Å². The van der Waals surface area contributed by atoms with Gasteiger partial charge in [-0.25, -0.2) is 9.78 Å². The summed E-state index contributed by atoms with van der Waals surface area (Å²) in [5, 5.41) is 3.42. The van der Waals surface area contributed by atoms with Crippen LogP contribution in [0.5, 0.6) is 17.2 Å². The first kappa shape index (κ1) is 21.9. The SMILES string of the molecule is CCc1ccccc1NC(=O)COc1cc(C(=O)OC)nc2cc(OC)c(OC)cc12. The number of aromatic nitrogens is 1. The number of amides is 1. The van der Waals surface area contributed by atoms with E-state index in [9.17, 15) is 9.59 Å². The molecular formula is C23H24N2O6. The number of anilines is 1. The number of methoxy groups -OCH3 is 3. The number of hydrogen-bond donors (Lipinski definition) is 1. The maximum Gasteiger partial charge on any atom is 0.356 e. The number of nitrogens with zero attached hydrogens (tertiary/aromatic N) is 1. The lowest BCUT2D eigenvalue weighted by Crippen LogP contribution is -2.21. The van der Waals surface area contributed by atoms with Crippen LogP contribution in [0, 0.1) is 0 Å². The molecule has 2 aromatic carbocycles. The number of carbonyl (C=O) groups excluding carboxylic acids is 2. The fourth-order valence-corrected chi connectivity index (χ4v) is 3.13. The number of rotatable bonds is 8. The molecule has 0 aliphatic rings. The summed E-state index contributed by atoms with van der Waals surface area (Å²) in [5.41, 5.74) is 2.25. The average molecular weight is 424 g/mol. The van der Waals surface area contributed by atoms with Crippen molar-refractivity contribution in [2.75, 3.05) is 33.3 Å². The van der Waals surface area contributed by atoms with E-state index in [1.54, 1.807) is 12.1 Å². The Labute approximate surface area is 180 Å². The first-order chi connectivity index (χ1) is 15.0. The minimum Gasteiger partial charge on any atom is -0.493 e. The van der Waals surface area contributed by atoms with Gasteiger partial charge in [-0.15, -0.1) is 0 Å². The van der Waals surface area contributed by atoms with Gasteiger partial charge in [0.15, 0.2) is 23.8 Å². The summed E-state index contributed by atoms with van der Waals surface area (Å²) in [4.78, 5) is 28.9. The molecule has 8 heteroatoms. The van der Waals surface area contributed by atoms with Crippen molar-refractivity contribution in [3.8, 4) is 17.2 Å². The summed E-state index contributed by atoms with van der Waals surface area (Å²) in [7, 11) is 4.28. The molecule has 0 saturated heterocycles. The van der Waals surface area contributed by atoms with Crippen LogP contribution in [0.15, 0.2) is 42.5 Å². The third kappa shape index (κ3) is 4.85. The number of hydrogen-bond acceptors (Lipinski definition) is 7. The van der Waals surface area contributed by atoms with Gasteiger partial charge in [0.1, 0.15) is 5.75 Å². The predicted octanol–water partition coefficient (Wildman–Crippen LogP) is 3.62. The number of esters is 1. The van der Waals surface area contributed by atoms with Gasteiger partial charge in [-0.3, -0.25) is 4.79 Å². The Morgan fingerprint density at radius 2 is 1.68 bits per heavy atom. The van der Waals surface area contributed by atoms with E-state index < -0.39 is 5.97 Å². The monoisotopic (exact) mass is 424 g/mol. The molecule has 0 aliphatic heterocycles. The third-order valence-electron chi connectivity index (χ3n) is 4.70. The molecule has 0 atom stereocenters. The van der Waals surface area contributed by atoms with Gasteiger partial charge < -0.3 is 24.3 Å². The molecule has 0 saturated carbocycles. The summed E-state index contributed by atoms with van der Waals surface area (Å²) in [6, 6.07) is 12.3. The van der Waals surface area contributed by atoms with Gasteiger partial charge in [-0.1, -0.05) is 25.1 Å². The van der Waals surface area contributed by atoms with E-state index in [0.29, 0.717) is 28.2 Å². The van der Waals surface area contributed by atoms with E-state index in [4.69, 9.17) is 18.9 Å². The predicted molar refractivity (Wildman–Crippen MR) is 116 cm³/mol. The van der Waals surface area contributed by atoms with Gasteiger partial charge in [0, 0.05) is 23.2 Å². The van der Waals surface area contributed by atoms with Crippen LogP contribution in [0.4, 0.5) is 5.69 Å². The molecule has 1 N–H and O–H groups in total. The van der Waals surface area contributed by atoms with Crippen LogP contribution in [0.25, 0.3) is 10.9 Å². The first-order valence-electron chi connectivity index (χ1n) is 9.66. The average Bonchev–Trinajstić information content (AvgIpc) is 2.81. The van der Waals surface area contributed by atoms with E-state index in [1.807, 2.05) is 31.2 Å². The molecule has 0 spiro atoms. The number of para-hydroxylation sites is 1. The highest BCUT2D eigenvalue weighted by Gasteiger charge is 2.17. The van der Waals surface area contributed by atoms with Crippen LogP contribution in [-0.4, -0.2) is 44.8 Å². The summed E-state index contributed by atoms with van der Waals surface area (Å²) in [6.45, 7) is 1.76. The van der Waals surface area contributed by atoms with Crippen molar-refractivity contribution in [1.29, 1.82) is 0 Å². The number of nitrogens with one attached hydrogen (secondary N) is 1. The Hall–Kier alpha value is -3.81. The fraction of sp³-hybridized carbons (Fsp3) is 0.261. The van der Waals surface area contributed by atoms with E-state index in [-0.39, 0.29) is 18.2 Å². The second kappa shape index (κ2) is 9.80. The topological polar surface area (TPSA) is 96.0 Å². The van der Waals surface area contributed by atoms with Gasteiger partial charge in [0.05, 0.1) is 26.8 Å². The largest absolute Gasteiger partial charge is 0.493 e. The fourth-order valence-electron chi connectivity index (χ4n) is 3.13. The van der Waals surface area contributed by atoms with Gasteiger partial charge in [-0.05, 0) is 24.1 Å². The van der Waals surface area contributed by atoms with Crippen molar-refractivity contribution < 1.29 is 28.5 Å². The van der Waals surface area contributed by atoms with E-state index in [1.165, 1.54) is 27.4 Å². The molecule has 1 heterocycles. The van der Waals surface area contributed by atoms with Gasteiger partial charge >= 0.3 is 5.97 Å². The number of aryl methyl sites for hydroxylation is 1. The van der Waals surface area contributed by atoms with Gasteiger partial charge in [-0.2, -0.15) is 0 Å². The number of pyridine rings is 1. The Bertz CT molecular complexity index is 1110. The molecule has 0 radical (unpaired) electrons. The summed E-state index contributed by atoms with van der Waals surface area (Å²) in [6.07, 6.45) is 0.788. The minimum absolute atomic E-state index is 0.0500. The maximum absolute atomic E-state index is 12.5. The molecule has 0 fully saturated rings. The maximum atomic E-state index is 12.5. The molecule has 0 aliphatic carbocycles. The molecule has 3 rings (SSSR count). The molecule has 3 aromatic rings. The lowest BCUT2D eigenvalue weighted by Gasteiger charge is -2.14. The highest BCUT2D eigenvalue weighted by atomic mass is 16.5. The highest BCUT2D eigenvalue weighted by molar-refractivity contribution is 5.96. The van der Waals surface area contributed by atoms with Crippen molar-refractivity contribution >= 4 is 28.5 Å². The van der Waals surface area contributed by atoms with Gasteiger partial charge in [0.25, 0.3) is 5.91 Å². The second-order valence-electron chi connectivity index (χ2n) is 6.57. The van der Waals surface area contributed by atoms with Crippen LogP contribution in [0.2, 0.25) is 0 Å². The molecule has 0 unspecified atom stereocenters. The number of fused-ring (bicyclic) bond motifs is 1. The van der Waals surface area contributed by atoms with Crippen molar-refractivity contribution in [3.63, 3.8) is 0 Å².